The van der Waals surface area contributed by atoms with E-state index in [1.54, 1.807) is 20.8 Å². The van der Waals surface area contributed by atoms with Crippen LogP contribution in [0.2, 0.25) is 0 Å². The van der Waals surface area contributed by atoms with Crippen molar-refractivity contribution in [1.29, 1.82) is 0 Å². The third-order valence-electron chi connectivity index (χ3n) is 4.49. The third kappa shape index (κ3) is 8.99. The molecule has 1 rings (SSSR count). The van der Waals surface area contributed by atoms with Crippen molar-refractivity contribution >= 4 is 17.9 Å². The van der Waals surface area contributed by atoms with Crippen molar-refractivity contribution in [2.24, 2.45) is 5.41 Å². The number of ether oxygens (including phenoxy) is 3. The van der Waals surface area contributed by atoms with Crippen molar-refractivity contribution < 1.29 is 28.6 Å². The lowest BCUT2D eigenvalue weighted by atomic mass is 9.82. The molecule has 3 amide bonds. The zero-order chi connectivity index (χ0) is 21.9. The quantitative estimate of drug-likeness (QED) is 0.493. The van der Waals surface area contributed by atoms with Gasteiger partial charge >= 0.3 is 6.09 Å². The minimum Gasteiger partial charge on any atom is -0.444 e. The maximum Gasteiger partial charge on any atom is 0.410 e. The van der Waals surface area contributed by atoms with Crippen LogP contribution in [-0.4, -0.2) is 81.0 Å². The summed E-state index contributed by atoms with van der Waals surface area (Å²) in [7, 11) is 0. The smallest absolute Gasteiger partial charge is 0.410 e. The second-order valence-corrected chi connectivity index (χ2v) is 8.11. The molecular weight excluding hydrogens is 378 g/mol. The second-order valence-electron chi connectivity index (χ2n) is 8.11. The molecule has 168 valence electrons. The summed E-state index contributed by atoms with van der Waals surface area (Å²) in [5.74, 6) is -0.487. The lowest BCUT2D eigenvalue weighted by Crippen LogP contribution is -2.48. The SMILES string of the molecule is CCOCCNC(=O)CC1(C(=O)NCCOCC)CCN(C(=O)OC(C)(C)C)C1. The van der Waals surface area contributed by atoms with E-state index in [1.165, 1.54) is 4.90 Å². The number of nitrogens with one attached hydrogen (secondary N) is 2. The molecule has 9 nitrogen and oxygen atoms in total. The molecule has 1 aliphatic rings. The number of amides is 3. The number of nitrogens with zero attached hydrogens (tertiary/aromatic N) is 1. The van der Waals surface area contributed by atoms with Gasteiger partial charge in [0.1, 0.15) is 5.60 Å². The molecule has 1 saturated heterocycles. The Morgan fingerprint density at radius 3 is 2.14 bits per heavy atom. The monoisotopic (exact) mass is 415 g/mol. The molecule has 1 fully saturated rings. The first-order valence-corrected chi connectivity index (χ1v) is 10.3. The molecule has 0 aliphatic carbocycles. The molecule has 0 bridgehead atoms. The zero-order valence-electron chi connectivity index (χ0n) is 18.5. The van der Waals surface area contributed by atoms with Gasteiger partial charge in [-0.25, -0.2) is 4.79 Å². The molecule has 9 heteroatoms. The average Bonchev–Trinajstić information content (AvgIpc) is 3.06. The van der Waals surface area contributed by atoms with Crippen LogP contribution in [0.4, 0.5) is 4.79 Å². The van der Waals surface area contributed by atoms with Gasteiger partial charge in [0, 0.05) is 45.8 Å². The molecule has 2 N–H and O–H groups in total. The van der Waals surface area contributed by atoms with Crippen LogP contribution in [-0.2, 0) is 23.8 Å². The van der Waals surface area contributed by atoms with Gasteiger partial charge in [-0.05, 0) is 41.0 Å². The first-order valence-electron chi connectivity index (χ1n) is 10.3. The molecule has 1 atom stereocenters. The highest BCUT2D eigenvalue weighted by Gasteiger charge is 2.48. The summed E-state index contributed by atoms with van der Waals surface area (Å²) < 4.78 is 15.9. The van der Waals surface area contributed by atoms with Crippen LogP contribution in [0.5, 0.6) is 0 Å². The largest absolute Gasteiger partial charge is 0.444 e. The molecule has 29 heavy (non-hydrogen) atoms. The predicted molar refractivity (Wildman–Crippen MR) is 108 cm³/mol. The lowest BCUT2D eigenvalue weighted by molar-refractivity contribution is -0.136. The van der Waals surface area contributed by atoms with Gasteiger partial charge in [0.2, 0.25) is 11.8 Å². The summed E-state index contributed by atoms with van der Waals surface area (Å²) in [6.07, 6.45) is -0.0805. The molecule has 0 spiro atoms. The third-order valence-corrected chi connectivity index (χ3v) is 4.49. The number of carbonyl (C=O) groups excluding carboxylic acids is 3. The van der Waals surface area contributed by atoms with Crippen molar-refractivity contribution in [3.8, 4) is 0 Å². The van der Waals surface area contributed by atoms with Crippen LogP contribution in [0.25, 0.3) is 0 Å². The summed E-state index contributed by atoms with van der Waals surface area (Å²) in [5.41, 5.74) is -1.61. The molecule has 0 aromatic carbocycles. The zero-order valence-corrected chi connectivity index (χ0v) is 18.5. The van der Waals surface area contributed by atoms with E-state index >= 15 is 0 Å². The number of rotatable bonds is 11. The number of likely N-dealkylation sites (tertiary alicyclic amines) is 1. The molecular formula is C20H37N3O6. The van der Waals surface area contributed by atoms with Crippen LogP contribution in [0.1, 0.15) is 47.5 Å². The van der Waals surface area contributed by atoms with Gasteiger partial charge in [0.15, 0.2) is 0 Å². The highest BCUT2D eigenvalue weighted by Crippen LogP contribution is 2.35. The Bertz CT molecular complexity index is 549. The summed E-state index contributed by atoms with van der Waals surface area (Å²) in [4.78, 5) is 39.3. The first kappa shape index (κ1) is 25.2. The van der Waals surface area contributed by atoms with E-state index in [9.17, 15) is 14.4 Å². The van der Waals surface area contributed by atoms with Crippen molar-refractivity contribution in [3.63, 3.8) is 0 Å². The van der Waals surface area contributed by atoms with Gasteiger partial charge in [-0.2, -0.15) is 0 Å². The number of hydrogen-bond donors (Lipinski definition) is 2. The first-order chi connectivity index (χ1) is 13.6. The summed E-state index contributed by atoms with van der Waals surface area (Å²) in [6, 6.07) is 0. The van der Waals surface area contributed by atoms with E-state index in [0.717, 1.165) is 0 Å². The Labute approximate surface area is 173 Å². The predicted octanol–water partition coefficient (Wildman–Crippen LogP) is 1.31. The molecule has 1 unspecified atom stereocenters. The normalized spacial score (nSPS) is 19.1. The molecule has 1 aliphatic heterocycles. The van der Waals surface area contributed by atoms with E-state index in [1.807, 2.05) is 13.8 Å². The van der Waals surface area contributed by atoms with Crippen molar-refractivity contribution in [2.75, 3.05) is 52.6 Å². The Morgan fingerprint density at radius 1 is 1.00 bits per heavy atom. The molecule has 0 radical (unpaired) electrons. The second kappa shape index (κ2) is 12.0. The van der Waals surface area contributed by atoms with Crippen LogP contribution < -0.4 is 10.6 Å². The number of carbonyl (C=O) groups is 3. The van der Waals surface area contributed by atoms with E-state index in [2.05, 4.69) is 10.6 Å². The fraction of sp³-hybridized carbons (Fsp3) is 0.850. The summed E-state index contributed by atoms with van der Waals surface area (Å²) in [5, 5.41) is 5.62. The van der Waals surface area contributed by atoms with Gasteiger partial charge in [0.25, 0.3) is 0 Å². The Morgan fingerprint density at radius 2 is 1.59 bits per heavy atom. The van der Waals surface area contributed by atoms with E-state index in [-0.39, 0.29) is 24.8 Å². The number of hydrogen-bond acceptors (Lipinski definition) is 6. The highest BCUT2D eigenvalue weighted by molar-refractivity contribution is 5.90. The highest BCUT2D eigenvalue weighted by atomic mass is 16.6. The minimum absolute atomic E-state index is 0.00110. The Kier molecular flexibility index (Phi) is 10.4. The van der Waals surface area contributed by atoms with Gasteiger partial charge in [-0.15, -0.1) is 0 Å². The van der Waals surface area contributed by atoms with E-state index in [0.29, 0.717) is 52.5 Å². The Hall–Kier alpha value is -1.87. The molecule has 0 aromatic rings. The van der Waals surface area contributed by atoms with Crippen LogP contribution in [0.15, 0.2) is 0 Å². The minimum atomic E-state index is -0.987. The maximum atomic E-state index is 12.9. The topological polar surface area (TPSA) is 106 Å². The van der Waals surface area contributed by atoms with E-state index < -0.39 is 17.1 Å². The van der Waals surface area contributed by atoms with E-state index in [4.69, 9.17) is 14.2 Å². The molecule has 0 aromatic heterocycles. The average molecular weight is 416 g/mol. The maximum absolute atomic E-state index is 12.9. The Balaban J connectivity index is 2.77. The molecule has 0 saturated carbocycles. The van der Waals surface area contributed by atoms with Gasteiger partial charge in [-0.3, -0.25) is 9.59 Å². The molecule has 1 heterocycles. The van der Waals surface area contributed by atoms with Gasteiger partial charge in [-0.1, -0.05) is 0 Å². The van der Waals surface area contributed by atoms with Gasteiger partial charge in [0.05, 0.1) is 18.6 Å². The van der Waals surface area contributed by atoms with Crippen molar-refractivity contribution in [1.82, 2.24) is 15.5 Å². The van der Waals surface area contributed by atoms with Gasteiger partial charge < -0.3 is 29.7 Å². The lowest BCUT2D eigenvalue weighted by Gasteiger charge is -2.29. The fourth-order valence-electron chi connectivity index (χ4n) is 3.11. The van der Waals surface area contributed by atoms with Crippen LogP contribution in [0.3, 0.4) is 0 Å². The summed E-state index contributed by atoms with van der Waals surface area (Å²) >= 11 is 0. The van der Waals surface area contributed by atoms with Crippen LogP contribution in [0, 0.1) is 5.41 Å². The summed E-state index contributed by atoms with van der Waals surface area (Å²) in [6.45, 7) is 12.3. The fourth-order valence-corrected chi connectivity index (χ4v) is 3.11. The van der Waals surface area contributed by atoms with Crippen molar-refractivity contribution in [2.45, 2.75) is 53.1 Å². The standard InChI is InChI=1S/C20H37N3O6/c1-6-27-12-9-21-16(24)14-20(17(25)22-10-13-28-7-2)8-11-23(15-20)18(26)29-19(3,4)5/h6-15H2,1-5H3,(H,21,24)(H,22,25). The van der Waals surface area contributed by atoms with Crippen molar-refractivity contribution in [3.05, 3.63) is 0 Å². The van der Waals surface area contributed by atoms with Crippen LogP contribution >= 0.6 is 0 Å².